The lowest BCUT2D eigenvalue weighted by Crippen LogP contribution is -2.04. The molecule has 1 unspecified atom stereocenters. The number of rotatable bonds is 6. The molecule has 0 fully saturated rings. The van der Waals surface area contributed by atoms with Crippen molar-refractivity contribution in [2.75, 3.05) is 12.8 Å². The maximum Gasteiger partial charge on any atom is 0.189 e. The van der Waals surface area contributed by atoms with Crippen molar-refractivity contribution >= 4 is 16.9 Å². The fraction of sp³-hybridized carbons (Fsp3) is 0.0952. The second-order valence-corrected chi connectivity index (χ2v) is 7.54. The topological polar surface area (TPSA) is 127 Å². The van der Waals surface area contributed by atoms with Crippen molar-refractivity contribution in [2.24, 2.45) is 0 Å². The van der Waals surface area contributed by atoms with Gasteiger partial charge in [0.15, 0.2) is 28.4 Å². The van der Waals surface area contributed by atoms with Crippen LogP contribution in [0, 0.1) is 0 Å². The van der Waals surface area contributed by atoms with E-state index in [2.05, 4.69) is 20.4 Å². The van der Waals surface area contributed by atoms with Crippen molar-refractivity contribution in [2.45, 2.75) is 11.4 Å². The van der Waals surface area contributed by atoms with Crippen LogP contribution in [0.2, 0.25) is 0 Å². The molecule has 4 N–H and O–H groups in total. The number of hydrogen-bond donors (Lipinski definition) is 3. The molecule has 30 heavy (non-hydrogen) atoms. The number of benzene rings is 2. The molecule has 0 radical (unpaired) electrons. The molecule has 152 valence electrons. The van der Waals surface area contributed by atoms with E-state index >= 15 is 0 Å². The Labute approximate surface area is 175 Å². The molecule has 0 amide bonds. The molecule has 8 nitrogen and oxygen atoms in total. The smallest absolute Gasteiger partial charge is 0.189 e. The Morgan fingerprint density at radius 3 is 2.40 bits per heavy atom. The van der Waals surface area contributed by atoms with E-state index in [1.54, 1.807) is 36.5 Å². The minimum Gasteiger partial charge on any atom is -0.382 e. The molecular weight excluding hydrogens is 402 g/mol. The summed E-state index contributed by atoms with van der Waals surface area (Å²) in [7, 11) is 1.90. The number of hydrogen-bond acceptors (Lipinski definition) is 7. The summed E-state index contributed by atoms with van der Waals surface area (Å²) in [4.78, 5) is 9.09. The van der Waals surface area contributed by atoms with E-state index in [9.17, 15) is 4.21 Å². The van der Waals surface area contributed by atoms with E-state index < -0.39 is 11.1 Å². The lowest BCUT2D eigenvalue weighted by atomic mass is 10.1. The molecule has 1 atom stereocenters. The lowest BCUT2D eigenvalue weighted by molar-refractivity contribution is 0.434. The maximum atomic E-state index is 11.1. The van der Waals surface area contributed by atoms with E-state index in [-0.39, 0.29) is 5.82 Å². The van der Waals surface area contributed by atoms with Crippen LogP contribution in [0.25, 0.3) is 34.0 Å². The third kappa shape index (κ3) is 4.13. The van der Waals surface area contributed by atoms with Crippen LogP contribution in [0.3, 0.4) is 0 Å². The molecular formula is C21H19N5O3S. The molecule has 0 bridgehead atoms. The summed E-state index contributed by atoms with van der Waals surface area (Å²) in [5.41, 5.74) is 10.5. The molecule has 9 heteroatoms. The Kier molecular flexibility index (Phi) is 5.66. The predicted molar refractivity (Wildman–Crippen MR) is 115 cm³/mol. The highest BCUT2D eigenvalue weighted by Crippen LogP contribution is 2.29. The highest BCUT2D eigenvalue weighted by Gasteiger charge is 2.15. The Morgan fingerprint density at radius 1 is 1.07 bits per heavy atom. The van der Waals surface area contributed by atoms with Crippen LogP contribution in [0.1, 0.15) is 5.56 Å². The largest absolute Gasteiger partial charge is 0.382 e. The molecule has 2 aromatic carbocycles. The number of anilines is 1. The summed E-state index contributed by atoms with van der Waals surface area (Å²) in [5.74, 6) is 0.628. The average Bonchev–Trinajstić information content (AvgIpc) is 3.25. The summed E-state index contributed by atoms with van der Waals surface area (Å²) in [6.07, 6.45) is 1.54. The van der Waals surface area contributed by atoms with Gasteiger partial charge in [-0.05, 0) is 24.7 Å². The predicted octanol–water partition coefficient (Wildman–Crippen LogP) is 3.35. The molecule has 2 heterocycles. The zero-order chi connectivity index (χ0) is 21.1. The molecule has 0 aliphatic heterocycles. The third-order valence-corrected chi connectivity index (χ3v) is 5.20. The summed E-state index contributed by atoms with van der Waals surface area (Å²) in [6.45, 7) is 0.790. The third-order valence-electron chi connectivity index (χ3n) is 4.53. The van der Waals surface area contributed by atoms with E-state index in [4.69, 9.17) is 14.8 Å². The number of nitrogens with one attached hydrogen (secondary N) is 1. The zero-order valence-electron chi connectivity index (χ0n) is 16.1. The van der Waals surface area contributed by atoms with Crippen molar-refractivity contribution in [3.63, 3.8) is 0 Å². The highest BCUT2D eigenvalue weighted by molar-refractivity contribution is 7.79. The number of aromatic nitrogens is 3. The molecule has 2 aromatic heterocycles. The van der Waals surface area contributed by atoms with Gasteiger partial charge in [-0.3, -0.25) is 0 Å². The first-order chi connectivity index (χ1) is 14.5. The molecule has 0 spiro atoms. The standard InChI is InChI=1S/C21H19N5O3S/c1-23-11-13-2-4-14(5-3-13)17-10-19(29-26-17)20-21(22)24-12-18(25-20)15-6-8-16(9-7-15)30(27)28/h2-10,12,23H,11H2,1H3,(H2,22,24)(H,27,28). The van der Waals surface area contributed by atoms with Gasteiger partial charge in [0.1, 0.15) is 5.69 Å². The van der Waals surface area contributed by atoms with Crippen LogP contribution in [0.5, 0.6) is 0 Å². The van der Waals surface area contributed by atoms with Gasteiger partial charge in [-0.2, -0.15) is 0 Å². The minimum atomic E-state index is -2.03. The fourth-order valence-electron chi connectivity index (χ4n) is 2.98. The van der Waals surface area contributed by atoms with Gasteiger partial charge in [0, 0.05) is 23.7 Å². The van der Waals surface area contributed by atoms with Crippen molar-refractivity contribution < 1.29 is 13.3 Å². The number of nitrogen functional groups attached to an aromatic ring is 1. The van der Waals surface area contributed by atoms with Crippen LogP contribution in [-0.2, 0) is 17.6 Å². The molecule has 0 saturated heterocycles. The Morgan fingerprint density at radius 2 is 1.73 bits per heavy atom. The van der Waals surface area contributed by atoms with E-state index in [0.29, 0.717) is 27.7 Å². The molecule has 4 aromatic rings. The Bertz CT molecular complexity index is 1190. The van der Waals surface area contributed by atoms with E-state index in [0.717, 1.165) is 17.7 Å². The monoisotopic (exact) mass is 421 g/mol. The van der Waals surface area contributed by atoms with Gasteiger partial charge >= 0.3 is 0 Å². The average molecular weight is 421 g/mol. The zero-order valence-corrected chi connectivity index (χ0v) is 16.9. The van der Waals surface area contributed by atoms with Crippen LogP contribution in [-0.4, -0.2) is 30.9 Å². The SMILES string of the molecule is CNCc1ccc(-c2cc(-c3nc(-c4ccc(S(=O)O)cc4)cnc3N)on2)cc1. The van der Waals surface area contributed by atoms with Gasteiger partial charge in [-0.1, -0.05) is 41.6 Å². The summed E-state index contributed by atoms with van der Waals surface area (Å²) in [6, 6.07) is 16.3. The first-order valence-corrected chi connectivity index (χ1v) is 10.2. The van der Waals surface area contributed by atoms with Crippen molar-refractivity contribution in [1.29, 1.82) is 0 Å². The van der Waals surface area contributed by atoms with Gasteiger partial charge < -0.3 is 20.1 Å². The van der Waals surface area contributed by atoms with Gasteiger partial charge in [0.2, 0.25) is 0 Å². The maximum absolute atomic E-state index is 11.1. The van der Waals surface area contributed by atoms with Crippen LogP contribution in [0.4, 0.5) is 5.82 Å². The Balaban J connectivity index is 1.64. The quantitative estimate of drug-likeness (QED) is 0.405. The summed E-state index contributed by atoms with van der Waals surface area (Å²) in [5, 5.41) is 7.25. The van der Waals surface area contributed by atoms with E-state index in [1.165, 1.54) is 5.56 Å². The normalized spacial score (nSPS) is 12.1. The minimum absolute atomic E-state index is 0.221. The van der Waals surface area contributed by atoms with E-state index in [1.807, 2.05) is 31.3 Å². The van der Waals surface area contributed by atoms with Crippen molar-refractivity contribution in [3.8, 4) is 34.0 Å². The summed E-state index contributed by atoms with van der Waals surface area (Å²) >= 11 is -2.03. The highest BCUT2D eigenvalue weighted by atomic mass is 32.2. The Hall–Kier alpha value is -3.40. The van der Waals surface area contributed by atoms with Crippen LogP contribution in [0.15, 0.2) is 70.2 Å². The number of nitrogens with two attached hydrogens (primary N) is 1. The van der Waals surface area contributed by atoms with Crippen molar-refractivity contribution in [1.82, 2.24) is 20.4 Å². The summed E-state index contributed by atoms with van der Waals surface area (Å²) < 4.78 is 25.8. The lowest BCUT2D eigenvalue weighted by Gasteiger charge is -2.05. The molecule has 0 saturated carbocycles. The van der Waals surface area contributed by atoms with Crippen molar-refractivity contribution in [3.05, 3.63) is 66.4 Å². The molecule has 0 aliphatic carbocycles. The van der Waals surface area contributed by atoms with Gasteiger partial charge in [0.05, 0.1) is 16.8 Å². The van der Waals surface area contributed by atoms with Crippen LogP contribution >= 0.6 is 0 Å². The van der Waals surface area contributed by atoms with Gasteiger partial charge in [-0.25, -0.2) is 14.2 Å². The number of nitrogens with zero attached hydrogens (tertiary/aromatic N) is 3. The van der Waals surface area contributed by atoms with Crippen LogP contribution < -0.4 is 11.1 Å². The second-order valence-electron chi connectivity index (χ2n) is 6.57. The first-order valence-electron chi connectivity index (χ1n) is 9.10. The van der Waals surface area contributed by atoms with Gasteiger partial charge in [-0.15, -0.1) is 0 Å². The second kappa shape index (κ2) is 8.54. The molecule has 0 aliphatic rings. The first kappa shape index (κ1) is 19.9. The van der Waals surface area contributed by atoms with Gasteiger partial charge in [0.25, 0.3) is 0 Å². The fourth-order valence-corrected chi connectivity index (χ4v) is 3.35. The molecule has 4 rings (SSSR count).